The van der Waals surface area contributed by atoms with E-state index >= 15 is 0 Å². The van der Waals surface area contributed by atoms with Crippen LogP contribution in [0.15, 0.2) is 36.9 Å². The van der Waals surface area contributed by atoms with Crippen LogP contribution in [0.2, 0.25) is 0 Å². The molecule has 1 aromatic carbocycles. The lowest BCUT2D eigenvalue weighted by molar-refractivity contribution is -0.0507. The molecular formula is C13H17F2NO. The van der Waals surface area contributed by atoms with Crippen LogP contribution in [-0.2, 0) is 0 Å². The highest BCUT2D eigenvalue weighted by Crippen LogP contribution is 2.28. The van der Waals surface area contributed by atoms with Crippen molar-refractivity contribution in [3.63, 3.8) is 0 Å². The first-order valence-corrected chi connectivity index (χ1v) is 5.51. The number of ether oxygens (including phenoxy) is 1. The monoisotopic (exact) mass is 241 g/mol. The Labute approximate surface area is 100 Å². The lowest BCUT2D eigenvalue weighted by Crippen LogP contribution is -2.18. The second-order valence-electron chi connectivity index (χ2n) is 3.62. The number of alkyl halides is 2. The number of hydrogen-bond acceptors (Lipinski definition) is 2. The number of halogens is 2. The van der Waals surface area contributed by atoms with E-state index in [9.17, 15) is 8.78 Å². The van der Waals surface area contributed by atoms with Gasteiger partial charge in [0.15, 0.2) is 0 Å². The van der Waals surface area contributed by atoms with Gasteiger partial charge in [0.2, 0.25) is 0 Å². The zero-order valence-electron chi connectivity index (χ0n) is 9.83. The maximum absolute atomic E-state index is 12.3. The number of benzene rings is 1. The van der Waals surface area contributed by atoms with Crippen LogP contribution in [0.25, 0.3) is 0 Å². The first-order valence-electron chi connectivity index (χ1n) is 5.51. The third-order valence-electron chi connectivity index (χ3n) is 2.52. The fourth-order valence-corrected chi connectivity index (χ4v) is 1.71. The molecule has 0 spiro atoms. The summed E-state index contributed by atoms with van der Waals surface area (Å²) in [5.41, 5.74) is 0.747. The van der Waals surface area contributed by atoms with Gasteiger partial charge in [0.25, 0.3) is 0 Å². The van der Waals surface area contributed by atoms with Crippen molar-refractivity contribution < 1.29 is 13.5 Å². The summed E-state index contributed by atoms with van der Waals surface area (Å²) < 4.78 is 29.0. The summed E-state index contributed by atoms with van der Waals surface area (Å²) in [6, 6.07) is 6.83. The van der Waals surface area contributed by atoms with Crippen LogP contribution in [0.5, 0.6) is 5.75 Å². The van der Waals surface area contributed by atoms with Gasteiger partial charge in [0, 0.05) is 11.6 Å². The maximum atomic E-state index is 12.3. The molecule has 1 atom stereocenters. The molecule has 17 heavy (non-hydrogen) atoms. The fraction of sp³-hybridized carbons (Fsp3) is 0.385. The van der Waals surface area contributed by atoms with Crippen molar-refractivity contribution in [1.29, 1.82) is 0 Å². The molecule has 0 aromatic heterocycles. The minimum absolute atomic E-state index is 0.0112. The van der Waals surface area contributed by atoms with Crippen LogP contribution in [-0.4, -0.2) is 13.7 Å². The molecular weight excluding hydrogens is 224 g/mol. The molecule has 0 heterocycles. The lowest BCUT2D eigenvalue weighted by atomic mass is 10.0. The number of para-hydroxylation sites is 1. The third kappa shape index (κ3) is 4.15. The first kappa shape index (κ1) is 13.6. The highest BCUT2D eigenvalue weighted by Gasteiger charge is 2.15. The van der Waals surface area contributed by atoms with E-state index in [1.54, 1.807) is 31.3 Å². The van der Waals surface area contributed by atoms with Crippen molar-refractivity contribution in [2.75, 3.05) is 7.05 Å². The molecule has 0 aliphatic rings. The topological polar surface area (TPSA) is 21.3 Å². The molecule has 4 heteroatoms. The highest BCUT2D eigenvalue weighted by atomic mass is 19.3. The van der Waals surface area contributed by atoms with Gasteiger partial charge in [-0.1, -0.05) is 24.3 Å². The van der Waals surface area contributed by atoms with Gasteiger partial charge < -0.3 is 10.1 Å². The van der Waals surface area contributed by atoms with Crippen LogP contribution in [0.4, 0.5) is 8.78 Å². The summed E-state index contributed by atoms with van der Waals surface area (Å²) in [7, 11) is 1.80. The molecule has 0 aliphatic heterocycles. The Morgan fingerprint density at radius 2 is 2.12 bits per heavy atom. The maximum Gasteiger partial charge on any atom is 0.387 e. The molecule has 0 saturated carbocycles. The van der Waals surface area contributed by atoms with Crippen molar-refractivity contribution in [2.45, 2.75) is 25.5 Å². The van der Waals surface area contributed by atoms with Gasteiger partial charge in [-0.15, -0.1) is 6.58 Å². The lowest BCUT2D eigenvalue weighted by Gasteiger charge is -2.19. The van der Waals surface area contributed by atoms with Gasteiger partial charge >= 0.3 is 6.61 Å². The Kier molecular flexibility index (Phi) is 5.63. The zero-order valence-corrected chi connectivity index (χ0v) is 9.83. The standard InChI is InChI=1S/C13H17F2NO/c1-3-4-8-11(16-2)10-7-5-6-9-12(10)17-13(14)15/h3,5-7,9,11,13,16H,1,4,8H2,2H3. The molecule has 0 radical (unpaired) electrons. The first-order chi connectivity index (χ1) is 8.19. The minimum Gasteiger partial charge on any atom is -0.434 e. The van der Waals surface area contributed by atoms with Gasteiger partial charge in [-0.25, -0.2) is 0 Å². The summed E-state index contributed by atoms with van der Waals surface area (Å²) in [5.74, 6) is 0.228. The second-order valence-corrected chi connectivity index (χ2v) is 3.62. The molecule has 0 amide bonds. The Morgan fingerprint density at radius 1 is 1.41 bits per heavy atom. The van der Waals surface area contributed by atoms with E-state index in [0.717, 1.165) is 18.4 Å². The van der Waals surface area contributed by atoms with Crippen LogP contribution >= 0.6 is 0 Å². The summed E-state index contributed by atoms with van der Waals surface area (Å²) in [6.07, 6.45) is 3.42. The molecule has 0 fully saturated rings. The Balaban J connectivity index is 2.88. The van der Waals surface area contributed by atoms with E-state index in [-0.39, 0.29) is 11.8 Å². The molecule has 1 aromatic rings. The van der Waals surface area contributed by atoms with Gasteiger partial charge in [0.05, 0.1) is 0 Å². The predicted octanol–water partition coefficient (Wildman–Crippen LogP) is 3.51. The second kappa shape index (κ2) is 7.01. The molecule has 0 bridgehead atoms. The smallest absolute Gasteiger partial charge is 0.387 e. The quantitative estimate of drug-likeness (QED) is 0.737. The third-order valence-corrected chi connectivity index (χ3v) is 2.52. The van der Waals surface area contributed by atoms with E-state index in [2.05, 4.69) is 16.6 Å². The molecule has 94 valence electrons. The normalized spacial score (nSPS) is 12.5. The molecule has 0 saturated heterocycles. The van der Waals surface area contributed by atoms with Crippen LogP contribution in [0.1, 0.15) is 24.4 Å². The SMILES string of the molecule is C=CCCC(NC)c1ccccc1OC(F)F. The average molecular weight is 241 g/mol. The van der Waals surface area contributed by atoms with Gasteiger partial charge in [0.1, 0.15) is 5.75 Å². The Hall–Kier alpha value is -1.42. The summed E-state index contributed by atoms with van der Waals surface area (Å²) >= 11 is 0. The van der Waals surface area contributed by atoms with Crippen molar-refractivity contribution in [3.8, 4) is 5.75 Å². The van der Waals surface area contributed by atoms with Gasteiger partial charge in [-0.2, -0.15) is 8.78 Å². The predicted molar refractivity (Wildman–Crippen MR) is 64.3 cm³/mol. The minimum atomic E-state index is -2.80. The Morgan fingerprint density at radius 3 is 2.71 bits per heavy atom. The molecule has 1 unspecified atom stereocenters. The molecule has 2 nitrogen and oxygen atoms in total. The Bertz CT molecular complexity index is 355. The van der Waals surface area contributed by atoms with E-state index in [1.807, 2.05) is 6.07 Å². The van der Waals surface area contributed by atoms with Gasteiger partial charge in [-0.05, 0) is 26.0 Å². The van der Waals surface area contributed by atoms with Crippen molar-refractivity contribution in [3.05, 3.63) is 42.5 Å². The zero-order chi connectivity index (χ0) is 12.7. The number of hydrogen-bond donors (Lipinski definition) is 1. The number of allylic oxidation sites excluding steroid dienone is 1. The van der Waals surface area contributed by atoms with Crippen molar-refractivity contribution >= 4 is 0 Å². The van der Waals surface area contributed by atoms with E-state index < -0.39 is 6.61 Å². The molecule has 0 aliphatic carbocycles. The van der Waals surface area contributed by atoms with Crippen LogP contribution in [0.3, 0.4) is 0 Å². The molecule has 1 rings (SSSR count). The highest BCUT2D eigenvalue weighted by molar-refractivity contribution is 5.36. The summed E-state index contributed by atoms with van der Waals surface area (Å²) in [5, 5.41) is 3.09. The summed E-state index contributed by atoms with van der Waals surface area (Å²) in [4.78, 5) is 0. The van der Waals surface area contributed by atoms with Crippen LogP contribution < -0.4 is 10.1 Å². The van der Waals surface area contributed by atoms with Crippen molar-refractivity contribution in [1.82, 2.24) is 5.32 Å². The van der Waals surface area contributed by atoms with E-state index in [1.165, 1.54) is 0 Å². The number of rotatable bonds is 7. The number of nitrogens with one attached hydrogen (secondary N) is 1. The average Bonchev–Trinajstić information content (AvgIpc) is 2.31. The van der Waals surface area contributed by atoms with Gasteiger partial charge in [-0.3, -0.25) is 0 Å². The summed E-state index contributed by atoms with van der Waals surface area (Å²) in [6.45, 7) is 0.854. The van der Waals surface area contributed by atoms with Crippen LogP contribution in [0, 0.1) is 0 Å². The molecule has 1 N–H and O–H groups in total. The fourth-order valence-electron chi connectivity index (χ4n) is 1.71. The van der Waals surface area contributed by atoms with Crippen molar-refractivity contribution in [2.24, 2.45) is 0 Å². The largest absolute Gasteiger partial charge is 0.434 e. The van der Waals surface area contributed by atoms with E-state index in [4.69, 9.17) is 0 Å². The van der Waals surface area contributed by atoms with E-state index in [0.29, 0.717) is 0 Å².